The Balaban J connectivity index is 2.01. The van der Waals surface area contributed by atoms with Crippen LogP contribution in [-0.2, 0) is 0 Å². The maximum Gasteiger partial charge on any atom is 0.252 e. The molecular formula is C12H17ClN4O2. The third-order valence-corrected chi connectivity index (χ3v) is 3.53. The summed E-state index contributed by atoms with van der Waals surface area (Å²) < 4.78 is 0. The van der Waals surface area contributed by atoms with Gasteiger partial charge in [-0.05, 0) is 31.2 Å². The van der Waals surface area contributed by atoms with E-state index in [2.05, 4.69) is 15.5 Å². The Labute approximate surface area is 116 Å². The van der Waals surface area contributed by atoms with Crippen LogP contribution in [0, 0.1) is 5.92 Å². The van der Waals surface area contributed by atoms with Crippen molar-refractivity contribution in [3.8, 4) is 0 Å². The summed E-state index contributed by atoms with van der Waals surface area (Å²) in [6, 6.07) is 1.40. The lowest BCUT2D eigenvalue weighted by Gasteiger charge is -2.26. The summed E-state index contributed by atoms with van der Waals surface area (Å²) in [5.41, 5.74) is 5.50. The van der Waals surface area contributed by atoms with Crippen LogP contribution in [0.5, 0.6) is 0 Å². The number of amides is 1. The number of hydrogen-bond donors (Lipinski definition) is 3. The Morgan fingerprint density at radius 1 is 1.53 bits per heavy atom. The first-order valence-corrected chi connectivity index (χ1v) is 6.69. The molecule has 1 saturated carbocycles. The van der Waals surface area contributed by atoms with Gasteiger partial charge in [0.2, 0.25) is 0 Å². The van der Waals surface area contributed by atoms with E-state index in [1.807, 2.05) is 0 Å². The SMILES string of the molecule is NC(=O)c1cc(Cl)nnc1NCC1CCCC(O)C1. The first kappa shape index (κ1) is 14.0. The molecule has 0 saturated heterocycles. The van der Waals surface area contributed by atoms with Crippen LogP contribution in [0.4, 0.5) is 5.82 Å². The highest BCUT2D eigenvalue weighted by atomic mass is 35.5. The van der Waals surface area contributed by atoms with Crippen molar-refractivity contribution >= 4 is 23.3 Å². The monoisotopic (exact) mass is 284 g/mol. The third kappa shape index (κ3) is 3.78. The van der Waals surface area contributed by atoms with Gasteiger partial charge in [-0.3, -0.25) is 4.79 Å². The van der Waals surface area contributed by atoms with Crippen molar-refractivity contribution in [3.63, 3.8) is 0 Å². The highest BCUT2D eigenvalue weighted by molar-refractivity contribution is 6.29. The van der Waals surface area contributed by atoms with Crippen molar-refractivity contribution in [2.45, 2.75) is 31.8 Å². The van der Waals surface area contributed by atoms with Gasteiger partial charge in [-0.2, -0.15) is 0 Å². The molecule has 2 unspecified atom stereocenters. The summed E-state index contributed by atoms with van der Waals surface area (Å²) in [5, 5.41) is 20.4. The molecule has 1 amide bonds. The smallest absolute Gasteiger partial charge is 0.252 e. The third-order valence-electron chi connectivity index (χ3n) is 3.34. The second-order valence-corrected chi connectivity index (χ2v) is 5.25. The number of nitrogens with two attached hydrogens (primary N) is 1. The Hall–Kier alpha value is -1.40. The molecule has 1 aliphatic rings. The maximum absolute atomic E-state index is 11.3. The summed E-state index contributed by atoms with van der Waals surface area (Å²) in [6.07, 6.45) is 3.47. The van der Waals surface area contributed by atoms with Crippen LogP contribution in [-0.4, -0.2) is 33.9 Å². The van der Waals surface area contributed by atoms with Crippen LogP contribution in [0.3, 0.4) is 0 Å². The van der Waals surface area contributed by atoms with Crippen molar-refractivity contribution in [3.05, 3.63) is 16.8 Å². The van der Waals surface area contributed by atoms with Crippen LogP contribution < -0.4 is 11.1 Å². The molecule has 1 aromatic heterocycles. The molecule has 4 N–H and O–H groups in total. The number of hydrogen-bond acceptors (Lipinski definition) is 5. The average Bonchev–Trinajstić information content (AvgIpc) is 2.37. The Bertz CT molecular complexity index is 469. The summed E-state index contributed by atoms with van der Waals surface area (Å²) in [6.45, 7) is 0.633. The van der Waals surface area contributed by atoms with Gasteiger partial charge in [0.1, 0.15) is 0 Å². The molecule has 1 aromatic rings. The Morgan fingerprint density at radius 2 is 2.32 bits per heavy atom. The molecule has 1 heterocycles. The first-order valence-electron chi connectivity index (χ1n) is 6.31. The maximum atomic E-state index is 11.3. The average molecular weight is 285 g/mol. The van der Waals surface area contributed by atoms with E-state index >= 15 is 0 Å². The van der Waals surface area contributed by atoms with Gasteiger partial charge in [-0.1, -0.05) is 18.0 Å². The van der Waals surface area contributed by atoms with Gasteiger partial charge in [0, 0.05) is 6.54 Å². The van der Waals surface area contributed by atoms with Gasteiger partial charge in [0.05, 0.1) is 11.7 Å². The highest BCUT2D eigenvalue weighted by Gasteiger charge is 2.21. The van der Waals surface area contributed by atoms with Crippen molar-refractivity contribution < 1.29 is 9.90 Å². The predicted octanol–water partition coefficient (Wildman–Crippen LogP) is 1.19. The second-order valence-electron chi connectivity index (χ2n) is 4.86. The van der Waals surface area contributed by atoms with Crippen molar-refractivity contribution in [2.75, 3.05) is 11.9 Å². The van der Waals surface area contributed by atoms with Crippen LogP contribution in [0.1, 0.15) is 36.0 Å². The number of primary amides is 1. The molecule has 7 heteroatoms. The van der Waals surface area contributed by atoms with E-state index in [4.69, 9.17) is 17.3 Å². The van der Waals surface area contributed by atoms with E-state index in [0.717, 1.165) is 25.7 Å². The second kappa shape index (κ2) is 6.16. The van der Waals surface area contributed by atoms with Crippen molar-refractivity contribution in [2.24, 2.45) is 11.7 Å². The Morgan fingerprint density at radius 3 is 3.00 bits per heavy atom. The van der Waals surface area contributed by atoms with Gasteiger partial charge < -0.3 is 16.2 Å². The zero-order valence-electron chi connectivity index (χ0n) is 10.5. The first-order chi connectivity index (χ1) is 9.06. The number of rotatable bonds is 4. The fourth-order valence-corrected chi connectivity index (χ4v) is 2.52. The van der Waals surface area contributed by atoms with Gasteiger partial charge >= 0.3 is 0 Å². The zero-order valence-corrected chi connectivity index (χ0v) is 11.2. The summed E-state index contributed by atoms with van der Waals surface area (Å²) >= 11 is 5.69. The van der Waals surface area contributed by atoms with Crippen LogP contribution in [0.2, 0.25) is 5.15 Å². The Kier molecular flexibility index (Phi) is 4.55. The fraction of sp³-hybridized carbons (Fsp3) is 0.583. The van der Waals surface area contributed by atoms with E-state index in [9.17, 15) is 9.90 Å². The molecule has 0 aliphatic heterocycles. The van der Waals surface area contributed by atoms with Gasteiger partial charge in [0.25, 0.3) is 5.91 Å². The largest absolute Gasteiger partial charge is 0.393 e. The van der Waals surface area contributed by atoms with Crippen LogP contribution in [0.25, 0.3) is 0 Å². The summed E-state index contributed by atoms with van der Waals surface area (Å²) in [5.74, 6) is 0.113. The number of halogens is 1. The van der Waals surface area contributed by atoms with E-state index in [-0.39, 0.29) is 16.8 Å². The number of nitrogens with zero attached hydrogens (tertiary/aromatic N) is 2. The lowest BCUT2D eigenvalue weighted by molar-refractivity contribution is 0.0998. The molecule has 0 spiro atoms. The summed E-state index contributed by atoms with van der Waals surface area (Å²) in [7, 11) is 0. The normalized spacial score (nSPS) is 23.1. The summed E-state index contributed by atoms with van der Waals surface area (Å²) in [4.78, 5) is 11.3. The van der Waals surface area contributed by atoms with Crippen molar-refractivity contribution in [1.82, 2.24) is 10.2 Å². The van der Waals surface area contributed by atoms with E-state index in [1.54, 1.807) is 0 Å². The van der Waals surface area contributed by atoms with Gasteiger partial charge in [-0.15, -0.1) is 10.2 Å². The molecule has 0 radical (unpaired) electrons. The highest BCUT2D eigenvalue weighted by Crippen LogP contribution is 2.25. The molecule has 0 bridgehead atoms. The molecule has 0 aromatic carbocycles. The number of nitrogens with one attached hydrogen (secondary N) is 1. The fourth-order valence-electron chi connectivity index (χ4n) is 2.38. The molecular weight excluding hydrogens is 268 g/mol. The lowest BCUT2D eigenvalue weighted by atomic mass is 9.87. The van der Waals surface area contributed by atoms with Crippen molar-refractivity contribution in [1.29, 1.82) is 0 Å². The molecule has 6 nitrogen and oxygen atoms in total. The van der Waals surface area contributed by atoms with Gasteiger partial charge in [0.15, 0.2) is 11.0 Å². The quantitative estimate of drug-likeness (QED) is 0.771. The predicted molar refractivity (Wildman–Crippen MR) is 72.0 cm³/mol. The molecule has 2 rings (SSSR count). The van der Waals surface area contributed by atoms with E-state index in [0.29, 0.717) is 18.3 Å². The van der Waals surface area contributed by atoms with Crippen LogP contribution >= 0.6 is 11.6 Å². The minimum atomic E-state index is -0.594. The molecule has 19 heavy (non-hydrogen) atoms. The number of aliphatic hydroxyl groups excluding tert-OH is 1. The number of anilines is 1. The van der Waals surface area contributed by atoms with Gasteiger partial charge in [-0.25, -0.2) is 0 Å². The molecule has 104 valence electrons. The number of aromatic nitrogens is 2. The molecule has 2 atom stereocenters. The van der Waals surface area contributed by atoms with E-state index in [1.165, 1.54) is 6.07 Å². The zero-order chi connectivity index (χ0) is 13.8. The number of aliphatic hydroxyl groups is 1. The lowest BCUT2D eigenvalue weighted by Crippen LogP contribution is -2.26. The minimum Gasteiger partial charge on any atom is -0.393 e. The number of carbonyl (C=O) groups excluding carboxylic acids is 1. The van der Waals surface area contributed by atoms with Crippen LogP contribution in [0.15, 0.2) is 6.07 Å². The minimum absolute atomic E-state index is 0.132. The topological polar surface area (TPSA) is 101 Å². The van der Waals surface area contributed by atoms with E-state index < -0.39 is 5.91 Å². The standard InChI is InChI=1S/C12H17ClN4O2/c13-10-5-9(11(14)19)12(17-16-10)15-6-7-2-1-3-8(18)4-7/h5,7-8,18H,1-4,6H2,(H2,14,19)(H,15,17). The molecule has 1 fully saturated rings. The number of carbonyl (C=O) groups is 1. The molecule has 1 aliphatic carbocycles.